The molecule has 1 nitrogen and oxygen atoms in total. The summed E-state index contributed by atoms with van der Waals surface area (Å²) in [4.78, 5) is 2.19. The van der Waals surface area contributed by atoms with Gasteiger partial charge in [0.15, 0.2) is 0 Å². The van der Waals surface area contributed by atoms with E-state index in [2.05, 4.69) is 32.8 Å². The fourth-order valence-electron chi connectivity index (χ4n) is 1.06. The fraction of sp³-hybridized carbons (Fsp3) is 0.900. The van der Waals surface area contributed by atoms with E-state index in [1.165, 1.54) is 32.1 Å². The Kier molecular flexibility index (Phi) is 6.63. The molecule has 0 aromatic carbocycles. The first-order valence-electron chi connectivity index (χ1n) is 4.68. The van der Waals surface area contributed by atoms with E-state index in [4.69, 9.17) is 0 Å². The van der Waals surface area contributed by atoms with Gasteiger partial charge in [0.1, 0.15) is 0 Å². The normalized spacial score (nSPS) is 13.9. The molecule has 0 aliphatic rings. The number of hydrogen-bond acceptors (Lipinski definition) is 1. The van der Waals surface area contributed by atoms with Crippen LogP contribution in [0.25, 0.3) is 0 Å². The second kappa shape index (κ2) is 6.66. The lowest BCUT2D eigenvalue weighted by Crippen LogP contribution is -2.24. The minimum Gasteiger partial charge on any atom is -0.306 e. The minimum atomic E-state index is 0.506. The molecule has 11 heavy (non-hydrogen) atoms. The molecule has 0 aliphatic heterocycles. The first kappa shape index (κ1) is 11.0. The highest BCUT2D eigenvalue weighted by molar-refractivity contribution is 4.67. The topological polar surface area (TPSA) is 3.24 Å². The molecule has 0 fully saturated rings. The molecular formula is C10H22N. The van der Waals surface area contributed by atoms with Crippen molar-refractivity contribution >= 4 is 0 Å². The molecule has 0 aromatic rings. The third-order valence-electron chi connectivity index (χ3n) is 2.12. The predicted octanol–water partition coefficient (Wildman–Crippen LogP) is 2.72. The molecule has 1 heteroatoms. The molecule has 0 saturated heterocycles. The fourth-order valence-corrected chi connectivity index (χ4v) is 1.06. The van der Waals surface area contributed by atoms with E-state index in [-0.39, 0.29) is 0 Å². The Balaban J connectivity index is 3.10. The van der Waals surface area contributed by atoms with Crippen molar-refractivity contribution in [1.29, 1.82) is 0 Å². The first-order valence-corrected chi connectivity index (χ1v) is 4.68. The Labute approximate surface area is 71.8 Å². The van der Waals surface area contributed by atoms with Crippen molar-refractivity contribution in [2.24, 2.45) is 0 Å². The van der Waals surface area contributed by atoms with Gasteiger partial charge in [-0.2, -0.15) is 0 Å². The van der Waals surface area contributed by atoms with Gasteiger partial charge in [-0.05, 0) is 27.4 Å². The van der Waals surface area contributed by atoms with Crippen molar-refractivity contribution in [3.05, 3.63) is 6.92 Å². The van der Waals surface area contributed by atoms with Crippen LogP contribution in [-0.2, 0) is 0 Å². The maximum absolute atomic E-state index is 4.06. The first-order chi connectivity index (χ1) is 5.18. The van der Waals surface area contributed by atoms with Crippen LogP contribution in [0.3, 0.4) is 0 Å². The van der Waals surface area contributed by atoms with Crippen molar-refractivity contribution in [3.8, 4) is 0 Å². The van der Waals surface area contributed by atoms with E-state index in [9.17, 15) is 0 Å². The summed E-state index contributed by atoms with van der Waals surface area (Å²) in [5.41, 5.74) is 0. The van der Waals surface area contributed by atoms with E-state index in [0.717, 1.165) is 0 Å². The summed E-state index contributed by atoms with van der Waals surface area (Å²) >= 11 is 0. The Morgan fingerprint density at radius 3 is 2.27 bits per heavy atom. The quantitative estimate of drug-likeness (QED) is 0.534. The smallest absolute Gasteiger partial charge is 0.00897 e. The molecule has 0 rings (SSSR count). The molecule has 1 unspecified atom stereocenters. The number of unbranched alkanes of at least 4 members (excludes halogenated alkanes) is 3. The van der Waals surface area contributed by atoms with Gasteiger partial charge in [-0.1, -0.05) is 32.6 Å². The van der Waals surface area contributed by atoms with Crippen molar-refractivity contribution in [3.63, 3.8) is 0 Å². The van der Waals surface area contributed by atoms with Gasteiger partial charge in [-0.25, -0.2) is 0 Å². The summed E-state index contributed by atoms with van der Waals surface area (Å²) in [6.45, 7) is 6.30. The molecule has 0 N–H and O–H groups in total. The van der Waals surface area contributed by atoms with Gasteiger partial charge in [-0.15, -0.1) is 0 Å². The maximum atomic E-state index is 4.06. The monoisotopic (exact) mass is 156 g/mol. The second-order valence-electron chi connectivity index (χ2n) is 3.47. The standard InChI is InChI=1S/C10H22N/c1-5-6-7-8-9-10(2)11(3)4/h10H,2,5-9H2,1,3-4H3. The average Bonchev–Trinajstić information content (AvgIpc) is 1.97. The molecule has 0 heterocycles. The molecule has 0 aromatic heterocycles. The number of hydrogen-bond donors (Lipinski definition) is 0. The van der Waals surface area contributed by atoms with Crippen molar-refractivity contribution in [2.45, 2.75) is 45.1 Å². The van der Waals surface area contributed by atoms with Crippen molar-refractivity contribution < 1.29 is 0 Å². The molecule has 0 bridgehead atoms. The zero-order valence-electron chi connectivity index (χ0n) is 8.27. The lowest BCUT2D eigenvalue weighted by atomic mass is 10.1. The van der Waals surface area contributed by atoms with Crippen LogP contribution in [0.15, 0.2) is 0 Å². The van der Waals surface area contributed by atoms with E-state index >= 15 is 0 Å². The summed E-state index contributed by atoms with van der Waals surface area (Å²) in [7, 11) is 4.19. The van der Waals surface area contributed by atoms with Gasteiger partial charge in [0.2, 0.25) is 0 Å². The van der Waals surface area contributed by atoms with E-state index < -0.39 is 0 Å². The lowest BCUT2D eigenvalue weighted by Gasteiger charge is -2.18. The lowest BCUT2D eigenvalue weighted by molar-refractivity contribution is 0.317. The summed E-state index contributed by atoms with van der Waals surface area (Å²) in [6.07, 6.45) is 6.65. The highest BCUT2D eigenvalue weighted by Crippen LogP contribution is 2.07. The van der Waals surface area contributed by atoms with Crippen LogP contribution in [0.5, 0.6) is 0 Å². The van der Waals surface area contributed by atoms with E-state index in [1.807, 2.05) is 0 Å². The van der Waals surface area contributed by atoms with Crippen LogP contribution in [0.2, 0.25) is 0 Å². The molecule has 0 amide bonds. The SMILES string of the molecule is [CH2]C(CCCCCC)N(C)C. The molecular weight excluding hydrogens is 134 g/mol. The maximum Gasteiger partial charge on any atom is 0.00897 e. The second-order valence-corrected chi connectivity index (χ2v) is 3.47. The van der Waals surface area contributed by atoms with Crippen molar-refractivity contribution in [2.75, 3.05) is 14.1 Å². The summed E-state index contributed by atoms with van der Waals surface area (Å²) in [5.74, 6) is 0. The molecule has 0 aliphatic carbocycles. The van der Waals surface area contributed by atoms with Crippen LogP contribution in [0.1, 0.15) is 39.0 Å². The van der Waals surface area contributed by atoms with Gasteiger partial charge in [0.25, 0.3) is 0 Å². The van der Waals surface area contributed by atoms with E-state index in [1.54, 1.807) is 0 Å². The Morgan fingerprint density at radius 1 is 1.18 bits per heavy atom. The Morgan fingerprint density at radius 2 is 1.82 bits per heavy atom. The predicted molar refractivity (Wildman–Crippen MR) is 51.6 cm³/mol. The van der Waals surface area contributed by atoms with Gasteiger partial charge in [0.05, 0.1) is 0 Å². The molecule has 1 radical (unpaired) electrons. The molecule has 67 valence electrons. The Bertz CT molecular complexity index is 78.9. The highest BCUT2D eigenvalue weighted by atomic mass is 15.1. The molecule has 0 spiro atoms. The summed E-state index contributed by atoms with van der Waals surface area (Å²) in [5, 5.41) is 0. The average molecular weight is 156 g/mol. The third-order valence-corrected chi connectivity index (χ3v) is 2.12. The zero-order valence-corrected chi connectivity index (χ0v) is 8.27. The van der Waals surface area contributed by atoms with E-state index in [0.29, 0.717) is 6.04 Å². The highest BCUT2D eigenvalue weighted by Gasteiger charge is 2.02. The van der Waals surface area contributed by atoms with Crippen LogP contribution in [0, 0.1) is 6.92 Å². The summed E-state index contributed by atoms with van der Waals surface area (Å²) in [6, 6.07) is 0.506. The van der Waals surface area contributed by atoms with Crippen molar-refractivity contribution in [1.82, 2.24) is 4.90 Å². The van der Waals surface area contributed by atoms with Crippen LogP contribution in [-0.4, -0.2) is 25.0 Å². The molecule has 0 saturated carbocycles. The largest absolute Gasteiger partial charge is 0.306 e. The van der Waals surface area contributed by atoms with Gasteiger partial charge in [0, 0.05) is 6.04 Å². The number of nitrogens with zero attached hydrogens (tertiary/aromatic N) is 1. The van der Waals surface area contributed by atoms with Gasteiger partial charge < -0.3 is 4.90 Å². The third kappa shape index (κ3) is 6.36. The Hall–Kier alpha value is -0.0400. The van der Waals surface area contributed by atoms with Crippen LogP contribution < -0.4 is 0 Å². The van der Waals surface area contributed by atoms with Crippen LogP contribution >= 0.6 is 0 Å². The molecule has 1 atom stereocenters. The zero-order chi connectivity index (χ0) is 8.69. The van der Waals surface area contributed by atoms with Crippen LogP contribution in [0.4, 0.5) is 0 Å². The number of rotatable bonds is 6. The van der Waals surface area contributed by atoms with Gasteiger partial charge >= 0.3 is 0 Å². The summed E-state index contributed by atoms with van der Waals surface area (Å²) < 4.78 is 0. The minimum absolute atomic E-state index is 0.506. The van der Waals surface area contributed by atoms with Gasteiger partial charge in [-0.3, -0.25) is 0 Å².